The van der Waals surface area contributed by atoms with Crippen LogP contribution in [0.25, 0.3) is 11.1 Å². The van der Waals surface area contributed by atoms with Crippen molar-refractivity contribution in [3.05, 3.63) is 96.1 Å². The lowest BCUT2D eigenvalue weighted by Crippen LogP contribution is -2.50. The van der Waals surface area contributed by atoms with Gasteiger partial charge in [0.2, 0.25) is 0 Å². The SMILES string of the molecule is CN(C[C@H](O)C(=O)OCc1ccccc1)C(=O)N[C@@H](Cc1ccc(-c2ccccc2)cc1)C(=O)O. The molecule has 0 aliphatic carbocycles. The van der Waals surface area contributed by atoms with Gasteiger partial charge in [-0.15, -0.1) is 0 Å². The minimum absolute atomic E-state index is 0.00318. The highest BCUT2D eigenvalue weighted by Gasteiger charge is 2.25. The van der Waals surface area contributed by atoms with Gasteiger partial charge in [0.05, 0.1) is 6.54 Å². The van der Waals surface area contributed by atoms with E-state index in [0.29, 0.717) is 0 Å². The number of nitrogens with one attached hydrogen (secondary N) is 1. The summed E-state index contributed by atoms with van der Waals surface area (Å²) in [5.74, 6) is -2.07. The molecular formula is C27H28N2O6. The van der Waals surface area contributed by atoms with Crippen LogP contribution in [0.1, 0.15) is 11.1 Å². The molecule has 3 N–H and O–H groups in total. The second-order valence-electron chi connectivity index (χ2n) is 8.10. The van der Waals surface area contributed by atoms with Gasteiger partial charge in [-0.1, -0.05) is 84.9 Å². The average Bonchev–Trinajstić information content (AvgIpc) is 2.88. The van der Waals surface area contributed by atoms with Gasteiger partial charge in [0.25, 0.3) is 0 Å². The molecular weight excluding hydrogens is 448 g/mol. The van der Waals surface area contributed by atoms with E-state index in [1.165, 1.54) is 7.05 Å². The van der Waals surface area contributed by atoms with E-state index in [1.54, 1.807) is 24.3 Å². The lowest BCUT2D eigenvalue weighted by molar-refractivity contribution is -0.155. The number of benzene rings is 3. The topological polar surface area (TPSA) is 116 Å². The number of hydrogen-bond acceptors (Lipinski definition) is 5. The highest BCUT2D eigenvalue weighted by molar-refractivity contribution is 5.83. The first-order valence-corrected chi connectivity index (χ1v) is 11.1. The number of rotatable bonds is 10. The molecule has 0 aromatic heterocycles. The Kier molecular flexibility index (Phi) is 8.97. The van der Waals surface area contributed by atoms with Crippen molar-refractivity contribution in [2.24, 2.45) is 0 Å². The average molecular weight is 477 g/mol. The summed E-state index contributed by atoms with van der Waals surface area (Å²) < 4.78 is 5.07. The third kappa shape index (κ3) is 7.68. The zero-order chi connectivity index (χ0) is 25.2. The number of aliphatic hydroxyl groups is 1. The lowest BCUT2D eigenvalue weighted by atomic mass is 10.0. The standard InChI is InChI=1S/C27H28N2O6/c1-29(17-24(30)26(33)35-18-20-8-4-2-5-9-20)27(34)28-23(25(31)32)16-19-12-14-22(15-13-19)21-10-6-3-7-11-21/h2-15,23-24,30H,16-18H2,1H3,(H,28,34)(H,31,32)/t23-,24-/m0/s1. The van der Waals surface area contributed by atoms with Gasteiger partial charge in [-0.25, -0.2) is 14.4 Å². The summed E-state index contributed by atoms with van der Waals surface area (Å²) in [6.07, 6.45) is -1.49. The van der Waals surface area contributed by atoms with Crippen LogP contribution in [0.5, 0.6) is 0 Å². The fourth-order valence-corrected chi connectivity index (χ4v) is 3.40. The molecule has 0 radical (unpaired) electrons. The number of nitrogens with zero attached hydrogens (tertiary/aromatic N) is 1. The van der Waals surface area contributed by atoms with Crippen molar-refractivity contribution in [2.75, 3.05) is 13.6 Å². The van der Waals surface area contributed by atoms with Crippen LogP contribution < -0.4 is 5.32 Å². The number of carbonyl (C=O) groups is 3. The van der Waals surface area contributed by atoms with Gasteiger partial charge in [-0.3, -0.25) is 0 Å². The first-order chi connectivity index (χ1) is 16.8. The highest BCUT2D eigenvalue weighted by atomic mass is 16.5. The number of carbonyl (C=O) groups excluding carboxylic acids is 2. The number of hydrogen-bond donors (Lipinski definition) is 3. The second kappa shape index (κ2) is 12.3. The van der Waals surface area contributed by atoms with Crippen molar-refractivity contribution in [2.45, 2.75) is 25.2 Å². The van der Waals surface area contributed by atoms with Crippen LogP contribution in [0.2, 0.25) is 0 Å². The number of likely N-dealkylation sites (N-methyl/N-ethyl adjacent to an activating group) is 1. The van der Waals surface area contributed by atoms with E-state index in [1.807, 2.05) is 60.7 Å². The number of esters is 1. The quantitative estimate of drug-likeness (QED) is 0.387. The van der Waals surface area contributed by atoms with Crippen molar-refractivity contribution >= 4 is 18.0 Å². The maximum Gasteiger partial charge on any atom is 0.337 e. The Balaban J connectivity index is 1.52. The van der Waals surface area contributed by atoms with E-state index in [2.05, 4.69) is 5.32 Å². The minimum Gasteiger partial charge on any atom is -0.480 e. The summed E-state index contributed by atoms with van der Waals surface area (Å²) in [4.78, 5) is 37.4. The third-order valence-electron chi connectivity index (χ3n) is 5.39. The van der Waals surface area contributed by atoms with E-state index in [0.717, 1.165) is 27.2 Å². The molecule has 2 amide bonds. The van der Waals surface area contributed by atoms with E-state index in [4.69, 9.17) is 4.74 Å². The van der Waals surface area contributed by atoms with Gasteiger partial charge in [0, 0.05) is 13.5 Å². The number of amides is 2. The predicted molar refractivity (Wildman–Crippen MR) is 130 cm³/mol. The van der Waals surface area contributed by atoms with E-state index < -0.39 is 30.1 Å². The highest BCUT2D eigenvalue weighted by Crippen LogP contribution is 2.19. The molecule has 0 aliphatic heterocycles. The third-order valence-corrected chi connectivity index (χ3v) is 5.39. The Hall–Kier alpha value is -4.17. The molecule has 0 aliphatic rings. The summed E-state index contributed by atoms with van der Waals surface area (Å²) >= 11 is 0. The first kappa shape index (κ1) is 25.5. The number of aliphatic hydroxyl groups excluding tert-OH is 1. The molecule has 182 valence electrons. The molecule has 35 heavy (non-hydrogen) atoms. The lowest BCUT2D eigenvalue weighted by Gasteiger charge is -2.23. The molecule has 0 unspecified atom stereocenters. The summed E-state index contributed by atoms with van der Waals surface area (Å²) in [6.45, 7) is -0.353. The maximum absolute atomic E-state index is 12.5. The van der Waals surface area contributed by atoms with Gasteiger partial charge in [-0.05, 0) is 22.3 Å². The van der Waals surface area contributed by atoms with Crippen LogP contribution in [0.15, 0.2) is 84.9 Å². The molecule has 2 atom stereocenters. The number of ether oxygens (including phenoxy) is 1. The van der Waals surface area contributed by atoms with Crippen LogP contribution in [0.3, 0.4) is 0 Å². The fraction of sp³-hybridized carbons (Fsp3) is 0.222. The van der Waals surface area contributed by atoms with Crippen LogP contribution >= 0.6 is 0 Å². The molecule has 0 saturated heterocycles. The Morgan fingerprint density at radius 3 is 2.03 bits per heavy atom. The van der Waals surface area contributed by atoms with Crippen molar-refractivity contribution in [1.29, 1.82) is 0 Å². The van der Waals surface area contributed by atoms with Gasteiger partial charge >= 0.3 is 18.0 Å². The van der Waals surface area contributed by atoms with Crippen molar-refractivity contribution < 1.29 is 29.3 Å². The Morgan fingerprint density at radius 1 is 0.857 bits per heavy atom. The van der Waals surface area contributed by atoms with Crippen LogP contribution in [0.4, 0.5) is 4.79 Å². The molecule has 8 nitrogen and oxygen atoms in total. The molecule has 3 aromatic rings. The van der Waals surface area contributed by atoms with Crippen molar-refractivity contribution in [3.8, 4) is 11.1 Å². The second-order valence-corrected chi connectivity index (χ2v) is 8.10. The Labute approximate surface area is 203 Å². The molecule has 0 heterocycles. The number of aliphatic carboxylic acids is 1. The molecule has 3 rings (SSSR count). The number of carboxylic acid groups (broad SMARTS) is 1. The van der Waals surface area contributed by atoms with Crippen LogP contribution in [0, 0.1) is 0 Å². The summed E-state index contributed by atoms with van der Waals surface area (Å²) in [6, 6.07) is 24.3. The monoisotopic (exact) mass is 476 g/mol. The molecule has 0 saturated carbocycles. The summed E-state index contributed by atoms with van der Waals surface area (Å²) in [7, 11) is 1.36. The predicted octanol–water partition coefficient (Wildman–Crippen LogP) is 3.10. The van der Waals surface area contributed by atoms with E-state index >= 15 is 0 Å². The normalized spacial score (nSPS) is 12.3. The van der Waals surface area contributed by atoms with Gasteiger partial charge in [-0.2, -0.15) is 0 Å². The van der Waals surface area contributed by atoms with Crippen LogP contribution in [-0.2, 0) is 27.4 Å². The molecule has 8 heteroatoms. The Bertz CT molecular complexity index is 1120. The fourth-order valence-electron chi connectivity index (χ4n) is 3.40. The summed E-state index contributed by atoms with van der Waals surface area (Å²) in [5, 5.41) is 22.1. The smallest absolute Gasteiger partial charge is 0.337 e. The number of carboxylic acids is 1. The largest absolute Gasteiger partial charge is 0.480 e. The minimum atomic E-state index is -1.57. The van der Waals surface area contributed by atoms with Gasteiger partial charge in [0.1, 0.15) is 12.6 Å². The van der Waals surface area contributed by atoms with Crippen molar-refractivity contribution in [1.82, 2.24) is 10.2 Å². The summed E-state index contributed by atoms with van der Waals surface area (Å²) in [5.41, 5.74) is 3.55. The zero-order valence-corrected chi connectivity index (χ0v) is 19.3. The molecule has 0 spiro atoms. The van der Waals surface area contributed by atoms with Crippen molar-refractivity contribution in [3.63, 3.8) is 0 Å². The molecule has 0 fully saturated rings. The van der Waals surface area contributed by atoms with E-state index in [-0.39, 0.29) is 19.6 Å². The van der Waals surface area contributed by atoms with Gasteiger partial charge < -0.3 is 25.2 Å². The maximum atomic E-state index is 12.5. The zero-order valence-electron chi connectivity index (χ0n) is 19.3. The van der Waals surface area contributed by atoms with E-state index in [9.17, 15) is 24.6 Å². The van der Waals surface area contributed by atoms with Crippen LogP contribution in [-0.4, -0.2) is 58.8 Å². The number of urea groups is 1. The first-order valence-electron chi connectivity index (χ1n) is 11.1. The van der Waals surface area contributed by atoms with Gasteiger partial charge in [0.15, 0.2) is 6.10 Å². The molecule has 3 aromatic carbocycles. The molecule has 0 bridgehead atoms. The Morgan fingerprint density at radius 2 is 1.43 bits per heavy atom.